The van der Waals surface area contributed by atoms with Crippen LogP contribution in [0.25, 0.3) is 0 Å². The van der Waals surface area contributed by atoms with Gasteiger partial charge in [0.05, 0.1) is 0 Å². The first kappa shape index (κ1) is 16.1. The quantitative estimate of drug-likeness (QED) is 0.842. The van der Waals surface area contributed by atoms with Gasteiger partial charge in [0.25, 0.3) is 0 Å². The van der Waals surface area contributed by atoms with E-state index in [1.165, 1.54) is 6.07 Å². The SMILES string of the molecule is CC(C)(N)CCC(=O)NCCc1cc(Br)ccc1F. The molecule has 0 radical (unpaired) electrons. The van der Waals surface area contributed by atoms with Gasteiger partial charge in [-0.05, 0) is 50.5 Å². The monoisotopic (exact) mass is 330 g/mol. The standard InChI is InChI=1S/C14H20BrFN2O/c1-14(2,17)7-5-13(19)18-8-6-10-9-11(15)3-4-12(10)16/h3-4,9H,5-8,17H2,1-2H3,(H,18,19). The third-order valence-electron chi connectivity index (χ3n) is 2.72. The van der Waals surface area contributed by atoms with Crippen molar-refractivity contribution >= 4 is 21.8 Å². The zero-order valence-corrected chi connectivity index (χ0v) is 12.9. The summed E-state index contributed by atoms with van der Waals surface area (Å²) in [6, 6.07) is 4.80. The van der Waals surface area contributed by atoms with Crippen molar-refractivity contribution in [1.82, 2.24) is 5.32 Å². The molecule has 0 aliphatic carbocycles. The topological polar surface area (TPSA) is 55.1 Å². The Balaban J connectivity index is 2.34. The predicted octanol–water partition coefficient (Wildman–Crippen LogP) is 2.76. The van der Waals surface area contributed by atoms with Crippen LogP contribution in [0.3, 0.4) is 0 Å². The van der Waals surface area contributed by atoms with E-state index in [1.54, 1.807) is 12.1 Å². The molecule has 3 N–H and O–H groups in total. The van der Waals surface area contributed by atoms with Crippen LogP contribution in [0.5, 0.6) is 0 Å². The van der Waals surface area contributed by atoms with Gasteiger partial charge in [-0.15, -0.1) is 0 Å². The van der Waals surface area contributed by atoms with Crippen LogP contribution in [-0.4, -0.2) is 18.0 Å². The molecule has 0 spiro atoms. The number of carbonyl (C=O) groups excluding carboxylic acids is 1. The zero-order chi connectivity index (χ0) is 14.5. The Morgan fingerprint density at radius 2 is 2.16 bits per heavy atom. The van der Waals surface area contributed by atoms with Gasteiger partial charge in [0.15, 0.2) is 0 Å². The molecule has 0 heterocycles. The second-order valence-corrected chi connectivity index (χ2v) is 6.24. The van der Waals surface area contributed by atoms with E-state index in [0.29, 0.717) is 31.4 Å². The van der Waals surface area contributed by atoms with E-state index >= 15 is 0 Å². The molecular formula is C14H20BrFN2O. The fourth-order valence-electron chi connectivity index (χ4n) is 1.60. The van der Waals surface area contributed by atoms with Crippen LogP contribution in [0.15, 0.2) is 22.7 Å². The summed E-state index contributed by atoms with van der Waals surface area (Å²) in [5.41, 5.74) is 6.06. The number of hydrogen-bond acceptors (Lipinski definition) is 2. The third kappa shape index (κ3) is 6.68. The number of nitrogens with one attached hydrogen (secondary N) is 1. The Kier molecular flexibility index (Phi) is 5.94. The van der Waals surface area contributed by atoms with Crippen molar-refractivity contribution in [1.29, 1.82) is 0 Å². The number of carbonyl (C=O) groups is 1. The van der Waals surface area contributed by atoms with Gasteiger partial charge in [-0.1, -0.05) is 15.9 Å². The second-order valence-electron chi connectivity index (χ2n) is 5.32. The lowest BCUT2D eigenvalue weighted by Crippen LogP contribution is -2.34. The van der Waals surface area contributed by atoms with Crippen LogP contribution >= 0.6 is 15.9 Å². The van der Waals surface area contributed by atoms with Crippen molar-refractivity contribution in [2.24, 2.45) is 5.73 Å². The Morgan fingerprint density at radius 3 is 2.79 bits per heavy atom. The highest BCUT2D eigenvalue weighted by atomic mass is 79.9. The average Bonchev–Trinajstić information content (AvgIpc) is 2.30. The van der Waals surface area contributed by atoms with Crippen molar-refractivity contribution < 1.29 is 9.18 Å². The minimum Gasteiger partial charge on any atom is -0.356 e. The van der Waals surface area contributed by atoms with Crippen LogP contribution in [0.1, 0.15) is 32.3 Å². The molecule has 0 atom stereocenters. The number of hydrogen-bond donors (Lipinski definition) is 2. The second kappa shape index (κ2) is 7.01. The van der Waals surface area contributed by atoms with Crippen molar-refractivity contribution in [3.8, 4) is 0 Å². The summed E-state index contributed by atoms with van der Waals surface area (Å²) < 4.78 is 14.3. The smallest absolute Gasteiger partial charge is 0.220 e. The molecule has 1 aromatic rings. The van der Waals surface area contributed by atoms with Gasteiger partial charge in [-0.25, -0.2) is 4.39 Å². The summed E-state index contributed by atoms with van der Waals surface area (Å²) in [6.07, 6.45) is 1.50. The van der Waals surface area contributed by atoms with Gasteiger partial charge in [0.2, 0.25) is 5.91 Å². The molecule has 0 aromatic heterocycles. The van der Waals surface area contributed by atoms with E-state index in [4.69, 9.17) is 5.73 Å². The highest BCUT2D eigenvalue weighted by Gasteiger charge is 2.13. The summed E-state index contributed by atoms with van der Waals surface area (Å²) in [7, 11) is 0. The van der Waals surface area contributed by atoms with Gasteiger partial charge in [0, 0.05) is 23.0 Å². The molecule has 5 heteroatoms. The molecule has 19 heavy (non-hydrogen) atoms. The van der Waals surface area contributed by atoms with Crippen molar-refractivity contribution in [3.05, 3.63) is 34.1 Å². The van der Waals surface area contributed by atoms with Crippen LogP contribution in [0.4, 0.5) is 4.39 Å². The average molecular weight is 331 g/mol. The summed E-state index contributed by atoms with van der Waals surface area (Å²) >= 11 is 3.30. The Bertz CT molecular complexity index is 444. The molecule has 1 amide bonds. The molecule has 106 valence electrons. The first-order chi connectivity index (χ1) is 8.78. The van der Waals surface area contributed by atoms with Crippen LogP contribution < -0.4 is 11.1 Å². The molecule has 3 nitrogen and oxygen atoms in total. The first-order valence-corrected chi connectivity index (χ1v) is 7.07. The zero-order valence-electron chi connectivity index (χ0n) is 11.3. The summed E-state index contributed by atoms with van der Waals surface area (Å²) in [6.45, 7) is 4.20. The van der Waals surface area contributed by atoms with E-state index in [2.05, 4.69) is 21.2 Å². The maximum absolute atomic E-state index is 13.4. The Morgan fingerprint density at radius 1 is 1.47 bits per heavy atom. The molecule has 1 rings (SSSR count). The first-order valence-electron chi connectivity index (χ1n) is 6.27. The molecular weight excluding hydrogens is 311 g/mol. The fraction of sp³-hybridized carbons (Fsp3) is 0.500. The van der Waals surface area contributed by atoms with Crippen molar-refractivity contribution in [2.45, 2.75) is 38.6 Å². The minimum atomic E-state index is -0.340. The molecule has 0 saturated carbocycles. The molecule has 0 saturated heterocycles. The van der Waals surface area contributed by atoms with Crippen LogP contribution in [0.2, 0.25) is 0 Å². The molecule has 0 aliphatic rings. The van der Waals surface area contributed by atoms with E-state index in [9.17, 15) is 9.18 Å². The molecule has 0 unspecified atom stereocenters. The number of nitrogens with two attached hydrogens (primary N) is 1. The van der Waals surface area contributed by atoms with E-state index in [0.717, 1.165) is 4.47 Å². The lowest BCUT2D eigenvalue weighted by atomic mass is 10.00. The van der Waals surface area contributed by atoms with Gasteiger partial charge in [-0.3, -0.25) is 4.79 Å². The van der Waals surface area contributed by atoms with E-state index < -0.39 is 0 Å². The maximum Gasteiger partial charge on any atom is 0.220 e. The van der Waals surface area contributed by atoms with Gasteiger partial charge >= 0.3 is 0 Å². The molecule has 1 aromatic carbocycles. The van der Waals surface area contributed by atoms with Gasteiger partial charge in [-0.2, -0.15) is 0 Å². The fourth-order valence-corrected chi connectivity index (χ4v) is 2.00. The van der Waals surface area contributed by atoms with E-state index in [1.807, 2.05) is 13.8 Å². The van der Waals surface area contributed by atoms with Gasteiger partial charge < -0.3 is 11.1 Å². The molecule has 0 bridgehead atoms. The highest BCUT2D eigenvalue weighted by molar-refractivity contribution is 9.10. The number of rotatable bonds is 6. The summed E-state index contributed by atoms with van der Waals surface area (Å²) in [5.74, 6) is -0.297. The third-order valence-corrected chi connectivity index (χ3v) is 3.21. The van der Waals surface area contributed by atoms with Crippen LogP contribution in [-0.2, 0) is 11.2 Å². The van der Waals surface area contributed by atoms with Gasteiger partial charge in [0.1, 0.15) is 5.82 Å². The molecule has 0 fully saturated rings. The van der Waals surface area contributed by atoms with Crippen molar-refractivity contribution in [2.75, 3.05) is 6.54 Å². The normalized spacial score (nSPS) is 11.4. The summed E-state index contributed by atoms with van der Waals surface area (Å²) in [4.78, 5) is 11.6. The van der Waals surface area contributed by atoms with Crippen LogP contribution in [0, 0.1) is 5.82 Å². The largest absolute Gasteiger partial charge is 0.356 e. The Hall–Kier alpha value is -0.940. The number of amides is 1. The number of halogens is 2. The van der Waals surface area contributed by atoms with Crippen molar-refractivity contribution in [3.63, 3.8) is 0 Å². The lowest BCUT2D eigenvalue weighted by Gasteiger charge is -2.17. The molecule has 0 aliphatic heterocycles. The maximum atomic E-state index is 13.4. The minimum absolute atomic E-state index is 0.0473. The number of benzene rings is 1. The van der Waals surface area contributed by atoms with E-state index in [-0.39, 0.29) is 17.3 Å². The Labute approximate surface area is 121 Å². The highest BCUT2D eigenvalue weighted by Crippen LogP contribution is 2.15. The summed E-state index contributed by atoms with van der Waals surface area (Å²) in [5, 5.41) is 2.77. The predicted molar refractivity (Wildman–Crippen MR) is 78.3 cm³/mol. The lowest BCUT2D eigenvalue weighted by molar-refractivity contribution is -0.121.